The Morgan fingerprint density at radius 2 is 2.11 bits per heavy atom. The van der Waals surface area contributed by atoms with Crippen LogP contribution in [0.5, 0.6) is 0 Å². The molecule has 0 saturated carbocycles. The van der Waals surface area contributed by atoms with Crippen molar-refractivity contribution in [2.45, 2.75) is 17.9 Å². The van der Waals surface area contributed by atoms with Gasteiger partial charge in [0.15, 0.2) is 0 Å². The summed E-state index contributed by atoms with van der Waals surface area (Å²) in [6.07, 6.45) is 0. The fourth-order valence-electron chi connectivity index (χ4n) is 2.59. The summed E-state index contributed by atoms with van der Waals surface area (Å²) in [6.45, 7) is 8.46. The maximum atomic E-state index is 5.39. The van der Waals surface area contributed by atoms with Crippen molar-refractivity contribution in [1.82, 2.24) is 9.21 Å². The standard InChI is InChI=1S/C14H19BrN2OS/c1-11-13-10-12(15)2-3-14(13)19-17(11)5-4-16-6-8-18-9-7-16/h2-3,10-11H,4-9H2,1H3. The molecule has 2 aliphatic heterocycles. The number of hydrogen-bond acceptors (Lipinski definition) is 4. The fourth-order valence-corrected chi connectivity index (χ4v) is 4.13. The summed E-state index contributed by atoms with van der Waals surface area (Å²) >= 11 is 5.46. The number of halogens is 1. The first-order valence-electron chi connectivity index (χ1n) is 6.78. The SMILES string of the molecule is CC1c2cc(Br)ccc2SN1CCN1CCOCC1. The lowest BCUT2D eigenvalue weighted by Crippen LogP contribution is -2.40. The molecule has 104 valence electrons. The van der Waals surface area contributed by atoms with Gasteiger partial charge in [-0.2, -0.15) is 0 Å². The van der Waals surface area contributed by atoms with Crippen molar-refractivity contribution in [1.29, 1.82) is 0 Å². The maximum Gasteiger partial charge on any atom is 0.0594 e. The van der Waals surface area contributed by atoms with Crippen LogP contribution in [-0.4, -0.2) is 48.6 Å². The van der Waals surface area contributed by atoms with Gasteiger partial charge in [-0.25, -0.2) is 4.31 Å². The predicted octanol–water partition coefficient (Wildman–Crippen LogP) is 3.17. The van der Waals surface area contributed by atoms with Gasteiger partial charge in [-0.3, -0.25) is 4.90 Å². The quantitative estimate of drug-likeness (QED) is 0.783. The number of benzene rings is 1. The maximum absolute atomic E-state index is 5.39. The van der Waals surface area contributed by atoms with Crippen molar-refractivity contribution in [2.75, 3.05) is 39.4 Å². The van der Waals surface area contributed by atoms with E-state index in [-0.39, 0.29) is 0 Å². The van der Waals surface area contributed by atoms with Gasteiger partial charge in [-0.1, -0.05) is 15.9 Å². The molecule has 0 N–H and O–H groups in total. The Balaban J connectivity index is 1.59. The van der Waals surface area contributed by atoms with Crippen molar-refractivity contribution in [3.63, 3.8) is 0 Å². The number of morpholine rings is 1. The van der Waals surface area contributed by atoms with Crippen LogP contribution in [0.15, 0.2) is 27.6 Å². The average Bonchev–Trinajstić information content (AvgIpc) is 2.74. The summed E-state index contributed by atoms with van der Waals surface area (Å²) in [5, 5.41) is 0. The highest BCUT2D eigenvalue weighted by Gasteiger charge is 2.28. The lowest BCUT2D eigenvalue weighted by molar-refractivity contribution is 0.0359. The van der Waals surface area contributed by atoms with Crippen molar-refractivity contribution in [3.8, 4) is 0 Å². The van der Waals surface area contributed by atoms with Gasteiger partial charge in [0.25, 0.3) is 0 Å². The van der Waals surface area contributed by atoms with Crippen LogP contribution in [0.3, 0.4) is 0 Å². The Kier molecular flexibility index (Phi) is 4.49. The van der Waals surface area contributed by atoms with E-state index in [0.29, 0.717) is 6.04 Å². The third-order valence-corrected chi connectivity index (χ3v) is 5.60. The van der Waals surface area contributed by atoms with E-state index in [1.807, 2.05) is 11.9 Å². The van der Waals surface area contributed by atoms with E-state index in [0.717, 1.165) is 39.4 Å². The van der Waals surface area contributed by atoms with E-state index >= 15 is 0 Å². The minimum absolute atomic E-state index is 0.499. The van der Waals surface area contributed by atoms with Crippen molar-refractivity contribution in [3.05, 3.63) is 28.2 Å². The number of nitrogens with zero attached hydrogens (tertiary/aromatic N) is 2. The van der Waals surface area contributed by atoms with Crippen LogP contribution >= 0.6 is 27.9 Å². The summed E-state index contributed by atoms with van der Waals surface area (Å²) in [4.78, 5) is 3.90. The van der Waals surface area contributed by atoms with Gasteiger partial charge >= 0.3 is 0 Å². The van der Waals surface area contributed by atoms with Crippen LogP contribution in [0, 0.1) is 0 Å². The molecule has 1 aromatic rings. The summed E-state index contributed by atoms with van der Waals surface area (Å²) in [7, 11) is 0. The topological polar surface area (TPSA) is 15.7 Å². The lowest BCUT2D eigenvalue weighted by atomic mass is 10.1. The zero-order valence-electron chi connectivity index (χ0n) is 11.1. The van der Waals surface area contributed by atoms with Crippen LogP contribution in [0.25, 0.3) is 0 Å². The van der Waals surface area contributed by atoms with E-state index in [9.17, 15) is 0 Å². The van der Waals surface area contributed by atoms with Gasteiger partial charge in [0.1, 0.15) is 0 Å². The van der Waals surface area contributed by atoms with E-state index in [1.165, 1.54) is 14.9 Å². The molecular formula is C14H19BrN2OS. The highest BCUT2D eigenvalue weighted by molar-refractivity contribution is 9.10. The Morgan fingerprint density at radius 1 is 1.32 bits per heavy atom. The van der Waals surface area contributed by atoms with Crippen molar-refractivity contribution < 1.29 is 4.74 Å². The molecule has 1 unspecified atom stereocenters. The number of ether oxygens (including phenoxy) is 1. The molecule has 1 fully saturated rings. The van der Waals surface area contributed by atoms with E-state index in [4.69, 9.17) is 4.74 Å². The van der Waals surface area contributed by atoms with Crippen LogP contribution in [0.2, 0.25) is 0 Å². The minimum Gasteiger partial charge on any atom is -0.379 e. The molecule has 0 aliphatic carbocycles. The molecule has 0 amide bonds. The van der Waals surface area contributed by atoms with E-state index in [1.54, 1.807) is 0 Å². The predicted molar refractivity (Wildman–Crippen MR) is 82.4 cm³/mol. The average molecular weight is 343 g/mol. The highest BCUT2D eigenvalue weighted by Crippen LogP contribution is 2.44. The molecule has 1 saturated heterocycles. The Bertz CT molecular complexity index is 451. The molecule has 19 heavy (non-hydrogen) atoms. The molecule has 0 aromatic heterocycles. The Hall–Kier alpha value is -0.0700. The van der Waals surface area contributed by atoms with Gasteiger partial charge in [-0.05, 0) is 42.6 Å². The largest absolute Gasteiger partial charge is 0.379 e. The van der Waals surface area contributed by atoms with Crippen LogP contribution in [0.1, 0.15) is 18.5 Å². The second-order valence-corrected chi connectivity index (χ2v) is 7.05. The first-order valence-corrected chi connectivity index (χ1v) is 8.35. The smallest absolute Gasteiger partial charge is 0.0594 e. The second kappa shape index (κ2) is 6.14. The number of fused-ring (bicyclic) bond motifs is 1. The monoisotopic (exact) mass is 342 g/mol. The third kappa shape index (κ3) is 3.16. The van der Waals surface area contributed by atoms with Gasteiger partial charge in [0, 0.05) is 41.6 Å². The van der Waals surface area contributed by atoms with Gasteiger partial charge in [0.2, 0.25) is 0 Å². The van der Waals surface area contributed by atoms with Crippen LogP contribution in [-0.2, 0) is 4.74 Å². The molecule has 0 spiro atoms. The summed E-state index contributed by atoms with van der Waals surface area (Å²) in [6, 6.07) is 7.10. The molecule has 1 atom stereocenters. The van der Waals surface area contributed by atoms with E-state index < -0.39 is 0 Å². The molecule has 5 heteroatoms. The highest BCUT2D eigenvalue weighted by atomic mass is 79.9. The normalized spacial score (nSPS) is 24.6. The zero-order chi connectivity index (χ0) is 13.2. The molecule has 2 heterocycles. The minimum atomic E-state index is 0.499. The van der Waals surface area contributed by atoms with Crippen molar-refractivity contribution in [2.24, 2.45) is 0 Å². The summed E-state index contributed by atoms with van der Waals surface area (Å²) in [5.41, 5.74) is 1.45. The summed E-state index contributed by atoms with van der Waals surface area (Å²) < 4.78 is 9.06. The second-order valence-electron chi connectivity index (χ2n) is 5.04. The molecule has 1 aromatic carbocycles. The molecule has 3 rings (SSSR count). The third-order valence-electron chi connectivity index (χ3n) is 3.81. The molecule has 0 bridgehead atoms. The summed E-state index contributed by atoms with van der Waals surface area (Å²) in [5.74, 6) is 0. The van der Waals surface area contributed by atoms with Crippen LogP contribution in [0.4, 0.5) is 0 Å². The van der Waals surface area contributed by atoms with Gasteiger partial charge in [0.05, 0.1) is 13.2 Å². The molecule has 0 radical (unpaired) electrons. The molecule has 3 nitrogen and oxygen atoms in total. The van der Waals surface area contributed by atoms with E-state index in [2.05, 4.69) is 50.3 Å². The molecular weight excluding hydrogens is 324 g/mol. The van der Waals surface area contributed by atoms with Crippen molar-refractivity contribution >= 4 is 27.9 Å². The van der Waals surface area contributed by atoms with Crippen LogP contribution < -0.4 is 0 Å². The first kappa shape index (κ1) is 13.9. The van der Waals surface area contributed by atoms with Gasteiger partial charge in [-0.15, -0.1) is 0 Å². The molecule has 2 aliphatic rings. The van der Waals surface area contributed by atoms with Gasteiger partial charge < -0.3 is 4.74 Å². The Labute approximate surface area is 127 Å². The lowest BCUT2D eigenvalue weighted by Gasteiger charge is -2.29. The number of rotatable bonds is 3. The zero-order valence-corrected chi connectivity index (χ0v) is 13.5. The number of hydrogen-bond donors (Lipinski definition) is 0. The fraction of sp³-hybridized carbons (Fsp3) is 0.571. The Morgan fingerprint density at radius 3 is 2.89 bits per heavy atom. The first-order chi connectivity index (χ1) is 9.24.